The number of para-hydroxylation sites is 1. The van der Waals surface area contributed by atoms with Crippen LogP contribution < -0.4 is 11.1 Å². The van der Waals surface area contributed by atoms with Gasteiger partial charge in [-0.1, -0.05) is 29.8 Å². The van der Waals surface area contributed by atoms with Gasteiger partial charge in [0, 0.05) is 11.1 Å². The molecule has 1 heterocycles. The third-order valence-electron chi connectivity index (χ3n) is 2.89. The molecule has 0 saturated carbocycles. The number of rotatable bonds is 2. The molecule has 0 spiro atoms. The number of carbonyl (C=O) groups excluding carboxylic acids is 1. The van der Waals surface area contributed by atoms with E-state index in [-0.39, 0.29) is 11.7 Å². The molecule has 1 amide bonds. The number of furan rings is 1. The number of carbonyl (C=O) groups is 1. The van der Waals surface area contributed by atoms with Crippen LogP contribution in [0.2, 0.25) is 5.02 Å². The van der Waals surface area contributed by atoms with Gasteiger partial charge in [0.05, 0.1) is 10.7 Å². The second-order valence-electron chi connectivity index (χ2n) is 4.34. The molecule has 5 heteroatoms. The summed E-state index contributed by atoms with van der Waals surface area (Å²) in [7, 11) is 0. The fraction of sp³-hybridized carbons (Fsp3) is 0. The van der Waals surface area contributed by atoms with Gasteiger partial charge in [0.15, 0.2) is 5.76 Å². The summed E-state index contributed by atoms with van der Waals surface area (Å²) in [4.78, 5) is 12.1. The molecule has 3 rings (SSSR count). The van der Waals surface area contributed by atoms with Gasteiger partial charge in [0.25, 0.3) is 5.91 Å². The van der Waals surface area contributed by atoms with Gasteiger partial charge in [-0.2, -0.15) is 0 Å². The number of halogens is 1. The fourth-order valence-corrected chi connectivity index (χ4v) is 2.08. The van der Waals surface area contributed by atoms with Crippen molar-refractivity contribution in [2.75, 3.05) is 11.1 Å². The number of benzene rings is 2. The zero-order chi connectivity index (χ0) is 14.1. The van der Waals surface area contributed by atoms with Crippen molar-refractivity contribution in [3.05, 3.63) is 59.3 Å². The molecule has 0 radical (unpaired) electrons. The summed E-state index contributed by atoms with van der Waals surface area (Å²) < 4.78 is 5.49. The van der Waals surface area contributed by atoms with Crippen LogP contribution in [0.25, 0.3) is 11.0 Å². The average molecular weight is 287 g/mol. The maximum Gasteiger partial charge on any atom is 0.291 e. The highest BCUT2D eigenvalue weighted by Crippen LogP contribution is 2.25. The van der Waals surface area contributed by atoms with Crippen molar-refractivity contribution in [2.45, 2.75) is 0 Å². The van der Waals surface area contributed by atoms with Gasteiger partial charge in [-0.25, -0.2) is 0 Å². The summed E-state index contributed by atoms with van der Waals surface area (Å²) in [5, 5.41) is 3.98. The van der Waals surface area contributed by atoms with Crippen LogP contribution >= 0.6 is 11.6 Å². The Bertz CT molecular complexity index is 762. The first-order valence-corrected chi connectivity index (χ1v) is 6.36. The molecule has 4 nitrogen and oxygen atoms in total. The number of nitrogens with one attached hydrogen (secondary N) is 1. The number of fused-ring (bicyclic) bond motifs is 1. The molecular weight excluding hydrogens is 276 g/mol. The molecule has 0 aliphatic heterocycles. The van der Waals surface area contributed by atoms with E-state index in [1.165, 1.54) is 0 Å². The number of nitrogen functional groups attached to an aromatic ring is 1. The fourth-order valence-electron chi connectivity index (χ4n) is 1.92. The lowest BCUT2D eigenvalue weighted by molar-refractivity contribution is 0.0998. The summed E-state index contributed by atoms with van der Waals surface area (Å²) in [6, 6.07) is 14.0. The first-order valence-electron chi connectivity index (χ1n) is 5.98. The van der Waals surface area contributed by atoms with E-state index < -0.39 is 0 Å². The lowest BCUT2D eigenvalue weighted by Gasteiger charge is -2.06. The molecule has 3 aromatic rings. The van der Waals surface area contributed by atoms with E-state index in [2.05, 4.69) is 5.32 Å². The predicted octanol–water partition coefficient (Wildman–Crippen LogP) is 3.92. The van der Waals surface area contributed by atoms with Gasteiger partial charge in [0.2, 0.25) is 0 Å². The molecule has 20 heavy (non-hydrogen) atoms. The zero-order valence-corrected chi connectivity index (χ0v) is 11.1. The number of amides is 1. The predicted molar refractivity (Wildman–Crippen MR) is 80.0 cm³/mol. The maximum atomic E-state index is 12.1. The zero-order valence-electron chi connectivity index (χ0n) is 10.4. The summed E-state index contributed by atoms with van der Waals surface area (Å²) in [5.74, 6) is -0.140. The lowest BCUT2D eigenvalue weighted by atomic mass is 10.2. The quantitative estimate of drug-likeness (QED) is 0.702. The smallest absolute Gasteiger partial charge is 0.291 e. The second kappa shape index (κ2) is 4.90. The van der Waals surface area contributed by atoms with Crippen molar-refractivity contribution >= 4 is 39.9 Å². The van der Waals surface area contributed by atoms with Gasteiger partial charge in [0.1, 0.15) is 5.58 Å². The Kier molecular flexibility index (Phi) is 3.08. The highest BCUT2D eigenvalue weighted by atomic mass is 35.5. The second-order valence-corrected chi connectivity index (χ2v) is 4.75. The minimum atomic E-state index is -0.367. The van der Waals surface area contributed by atoms with Crippen molar-refractivity contribution < 1.29 is 9.21 Å². The van der Waals surface area contributed by atoms with E-state index in [9.17, 15) is 4.79 Å². The van der Waals surface area contributed by atoms with Crippen molar-refractivity contribution in [1.29, 1.82) is 0 Å². The molecule has 0 saturated heterocycles. The van der Waals surface area contributed by atoms with Gasteiger partial charge in [-0.05, 0) is 30.3 Å². The van der Waals surface area contributed by atoms with Gasteiger partial charge < -0.3 is 15.5 Å². The van der Waals surface area contributed by atoms with Gasteiger partial charge >= 0.3 is 0 Å². The van der Waals surface area contributed by atoms with E-state index in [0.717, 1.165) is 5.39 Å². The number of anilines is 2. The van der Waals surface area contributed by atoms with Crippen molar-refractivity contribution in [3.63, 3.8) is 0 Å². The third-order valence-corrected chi connectivity index (χ3v) is 3.22. The largest absolute Gasteiger partial charge is 0.451 e. The molecule has 1 aromatic heterocycles. The van der Waals surface area contributed by atoms with E-state index in [0.29, 0.717) is 22.0 Å². The van der Waals surface area contributed by atoms with E-state index >= 15 is 0 Å². The van der Waals surface area contributed by atoms with Crippen LogP contribution in [-0.2, 0) is 0 Å². The summed E-state index contributed by atoms with van der Waals surface area (Å²) in [6.07, 6.45) is 0. The molecule has 0 bridgehead atoms. The maximum absolute atomic E-state index is 12.1. The molecule has 0 fully saturated rings. The number of hydrogen-bond donors (Lipinski definition) is 2. The van der Waals surface area contributed by atoms with Crippen LogP contribution in [0.4, 0.5) is 11.4 Å². The van der Waals surface area contributed by atoms with Crippen molar-refractivity contribution in [2.24, 2.45) is 0 Å². The Hall–Kier alpha value is -2.46. The molecule has 3 N–H and O–H groups in total. The Balaban J connectivity index is 1.90. The first kappa shape index (κ1) is 12.6. The van der Waals surface area contributed by atoms with Crippen LogP contribution in [-0.4, -0.2) is 5.91 Å². The molecule has 100 valence electrons. The van der Waals surface area contributed by atoms with Crippen LogP contribution in [0.3, 0.4) is 0 Å². The molecule has 2 aromatic carbocycles. The minimum Gasteiger partial charge on any atom is -0.451 e. The number of nitrogens with two attached hydrogens (primary N) is 1. The van der Waals surface area contributed by atoms with Crippen LogP contribution in [0, 0.1) is 0 Å². The minimum absolute atomic E-state index is 0.227. The van der Waals surface area contributed by atoms with Gasteiger partial charge in [-0.15, -0.1) is 0 Å². The van der Waals surface area contributed by atoms with Crippen LogP contribution in [0.5, 0.6) is 0 Å². The standard InChI is InChI=1S/C15H11ClN2O2/c16-11-6-5-10(17)8-12(11)18-15(19)14-7-9-3-1-2-4-13(9)20-14/h1-8H,17H2,(H,18,19). The molecule has 0 aliphatic rings. The topological polar surface area (TPSA) is 68.3 Å². The first-order chi connectivity index (χ1) is 9.63. The van der Waals surface area contributed by atoms with Crippen molar-refractivity contribution in [3.8, 4) is 0 Å². The van der Waals surface area contributed by atoms with E-state index in [1.54, 1.807) is 30.3 Å². The Morgan fingerprint density at radius 3 is 2.75 bits per heavy atom. The molecular formula is C15H11ClN2O2. The normalized spacial score (nSPS) is 10.7. The van der Waals surface area contributed by atoms with Crippen LogP contribution in [0.15, 0.2) is 52.9 Å². The molecule has 0 aliphatic carbocycles. The van der Waals surface area contributed by atoms with E-state index in [1.807, 2.05) is 18.2 Å². The Labute approximate surface area is 120 Å². The van der Waals surface area contributed by atoms with E-state index in [4.69, 9.17) is 21.8 Å². The van der Waals surface area contributed by atoms with Crippen molar-refractivity contribution in [1.82, 2.24) is 0 Å². The monoisotopic (exact) mass is 286 g/mol. The Morgan fingerprint density at radius 2 is 1.95 bits per heavy atom. The third kappa shape index (κ3) is 2.33. The van der Waals surface area contributed by atoms with Crippen LogP contribution in [0.1, 0.15) is 10.6 Å². The average Bonchev–Trinajstić information content (AvgIpc) is 2.87. The lowest BCUT2D eigenvalue weighted by Crippen LogP contribution is -2.11. The highest BCUT2D eigenvalue weighted by molar-refractivity contribution is 6.34. The SMILES string of the molecule is Nc1ccc(Cl)c(NC(=O)c2cc3ccccc3o2)c1. The summed E-state index contributed by atoms with van der Waals surface area (Å²) in [6.45, 7) is 0. The summed E-state index contributed by atoms with van der Waals surface area (Å²) in [5.41, 5.74) is 7.31. The molecule has 0 atom stereocenters. The highest BCUT2D eigenvalue weighted by Gasteiger charge is 2.13. The summed E-state index contributed by atoms with van der Waals surface area (Å²) >= 11 is 6.01. The number of hydrogen-bond acceptors (Lipinski definition) is 3. The van der Waals surface area contributed by atoms with Gasteiger partial charge in [-0.3, -0.25) is 4.79 Å². The molecule has 0 unspecified atom stereocenters. The Morgan fingerprint density at radius 1 is 1.15 bits per heavy atom.